The fraction of sp³-hybridized carbons (Fsp3) is 0.263. The molecule has 0 radical (unpaired) electrons. The molecular weight excluding hydrogens is 376 g/mol. The molecule has 8 heteroatoms. The van der Waals surface area contributed by atoms with Gasteiger partial charge in [0.05, 0.1) is 0 Å². The number of rotatable bonds is 4. The van der Waals surface area contributed by atoms with Crippen molar-refractivity contribution in [1.82, 2.24) is 10.1 Å². The van der Waals surface area contributed by atoms with E-state index in [9.17, 15) is 13.7 Å². The van der Waals surface area contributed by atoms with Gasteiger partial charge in [-0.05, 0) is 36.8 Å². The van der Waals surface area contributed by atoms with Crippen molar-refractivity contribution in [3.8, 4) is 0 Å². The largest absolute Gasteiger partial charge is 0.438 e. The number of nitrogens with two attached hydrogens (primary N) is 1. The maximum absolute atomic E-state index is 14.7. The minimum atomic E-state index is -2.02. The second-order valence-electron chi connectivity index (χ2n) is 6.64. The van der Waals surface area contributed by atoms with Crippen LogP contribution >= 0.6 is 11.6 Å². The van der Waals surface area contributed by atoms with Crippen molar-refractivity contribution in [2.45, 2.75) is 12.0 Å². The fourth-order valence-corrected chi connectivity index (χ4v) is 3.62. The maximum atomic E-state index is 14.7. The lowest BCUT2D eigenvalue weighted by atomic mass is 9.80. The number of para-hydroxylation sites is 2. The third-order valence-electron chi connectivity index (χ3n) is 4.88. The van der Waals surface area contributed by atoms with Gasteiger partial charge in [0.1, 0.15) is 11.3 Å². The zero-order valence-electron chi connectivity index (χ0n) is 14.2. The van der Waals surface area contributed by atoms with Crippen molar-refractivity contribution < 1.29 is 18.1 Å². The van der Waals surface area contributed by atoms with E-state index in [1.807, 2.05) is 0 Å². The van der Waals surface area contributed by atoms with Crippen LogP contribution in [-0.4, -0.2) is 29.0 Å². The number of Topliss-reactive ketones (excluding diaryl/α,β-unsaturated/α-hetero) is 1. The highest BCUT2D eigenvalue weighted by Gasteiger charge is 2.49. The van der Waals surface area contributed by atoms with Crippen molar-refractivity contribution in [3.63, 3.8) is 0 Å². The van der Waals surface area contributed by atoms with Gasteiger partial charge in [0, 0.05) is 29.6 Å². The number of hydrogen-bond acceptors (Lipinski definition) is 5. The number of hydrogen-bond donors (Lipinski definition) is 1. The summed E-state index contributed by atoms with van der Waals surface area (Å²) in [6, 6.07) is 10.6. The fourth-order valence-electron chi connectivity index (χ4n) is 3.45. The van der Waals surface area contributed by atoms with Crippen LogP contribution in [-0.2, 0) is 10.3 Å². The van der Waals surface area contributed by atoms with E-state index in [1.54, 1.807) is 24.3 Å². The molecule has 2 aromatic carbocycles. The molecule has 27 heavy (non-hydrogen) atoms. The first kappa shape index (κ1) is 18.0. The van der Waals surface area contributed by atoms with Crippen LogP contribution < -0.4 is 5.73 Å². The normalized spacial score (nSPS) is 20.1. The molecule has 1 aromatic heterocycles. The minimum absolute atomic E-state index is 0.109. The van der Waals surface area contributed by atoms with Crippen LogP contribution in [0.1, 0.15) is 17.9 Å². The first-order valence-corrected chi connectivity index (χ1v) is 8.83. The van der Waals surface area contributed by atoms with Crippen LogP contribution in [0.15, 0.2) is 46.9 Å². The first-order chi connectivity index (χ1) is 12.9. The van der Waals surface area contributed by atoms with Gasteiger partial charge in [0.25, 0.3) is 0 Å². The van der Waals surface area contributed by atoms with Gasteiger partial charge in [0.2, 0.25) is 5.89 Å². The van der Waals surface area contributed by atoms with Crippen LogP contribution in [0, 0.1) is 11.7 Å². The topological polar surface area (TPSA) is 72.4 Å². The Morgan fingerprint density at radius 2 is 2.11 bits per heavy atom. The summed E-state index contributed by atoms with van der Waals surface area (Å²) in [7, 11) is 0. The number of fused-ring (bicyclic) bond motifs is 1. The molecule has 0 aliphatic carbocycles. The molecule has 3 aromatic rings. The third-order valence-corrected chi connectivity index (χ3v) is 5.12. The number of aromatic nitrogens is 1. The molecule has 0 spiro atoms. The molecule has 2 atom stereocenters. The molecule has 2 heterocycles. The Balaban J connectivity index is 1.91. The minimum Gasteiger partial charge on any atom is -0.438 e. The summed E-state index contributed by atoms with van der Waals surface area (Å²) in [5.74, 6) is -2.14. The van der Waals surface area contributed by atoms with Gasteiger partial charge in [-0.3, -0.25) is 4.79 Å². The van der Waals surface area contributed by atoms with E-state index in [1.165, 1.54) is 12.1 Å². The Morgan fingerprint density at radius 1 is 1.33 bits per heavy atom. The monoisotopic (exact) mass is 391 g/mol. The number of benzene rings is 2. The second-order valence-corrected chi connectivity index (χ2v) is 7.07. The Morgan fingerprint density at radius 3 is 2.81 bits per heavy atom. The molecule has 4 rings (SSSR count). The van der Waals surface area contributed by atoms with E-state index < -0.39 is 23.1 Å². The number of nitrogens with zero attached hydrogens (tertiary/aromatic N) is 2. The summed E-state index contributed by atoms with van der Waals surface area (Å²) >= 11 is 6.02. The van der Waals surface area contributed by atoms with Crippen molar-refractivity contribution in [2.24, 2.45) is 11.7 Å². The third kappa shape index (κ3) is 3.01. The van der Waals surface area contributed by atoms with Crippen molar-refractivity contribution in [1.29, 1.82) is 0 Å². The first-order valence-electron chi connectivity index (χ1n) is 8.45. The molecule has 0 amide bonds. The van der Waals surface area contributed by atoms with E-state index in [-0.39, 0.29) is 36.0 Å². The Kier molecular flexibility index (Phi) is 4.46. The zero-order valence-corrected chi connectivity index (χ0v) is 14.9. The van der Waals surface area contributed by atoms with Gasteiger partial charge in [-0.1, -0.05) is 23.7 Å². The highest BCUT2D eigenvalue weighted by Crippen LogP contribution is 2.37. The van der Waals surface area contributed by atoms with Gasteiger partial charge in [-0.15, -0.1) is 9.60 Å². The Bertz CT molecular complexity index is 992. The quantitative estimate of drug-likeness (QED) is 0.688. The summed E-state index contributed by atoms with van der Waals surface area (Å²) in [6.45, 7) is -0.00172. The van der Waals surface area contributed by atoms with Gasteiger partial charge >= 0.3 is 0 Å². The van der Waals surface area contributed by atoms with Crippen molar-refractivity contribution in [2.75, 3.05) is 13.1 Å². The van der Waals surface area contributed by atoms with Crippen LogP contribution in [0.5, 0.6) is 0 Å². The van der Waals surface area contributed by atoms with E-state index in [0.29, 0.717) is 16.2 Å². The molecule has 1 saturated heterocycles. The molecule has 1 aliphatic heterocycles. The summed E-state index contributed by atoms with van der Waals surface area (Å²) < 4.78 is 33.9. The lowest BCUT2D eigenvalue weighted by Crippen LogP contribution is -2.50. The summed E-state index contributed by atoms with van der Waals surface area (Å²) in [5, 5.41) is 0.757. The maximum Gasteiger partial charge on any atom is 0.228 e. The lowest BCUT2D eigenvalue weighted by molar-refractivity contribution is -0.128. The summed E-state index contributed by atoms with van der Waals surface area (Å²) in [5.41, 5.74) is 5.22. The number of carbonyl (C=O) groups excluding carboxylic acids is 1. The molecule has 5 nitrogen and oxygen atoms in total. The Labute approximate surface area is 158 Å². The van der Waals surface area contributed by atoms with Crippen molar-refractivity contribution in [3.05, 3.63) is 64.8 Å². The van der Waals surface area contributed by atoms with Gasteiger partial charge < -0.3 is 10.2 Å². The van der Waals surface area contributed by atoms with E-state index in [2.05, 4.69) is 4.98 Å². The number of carbonyl (C=O) groups is 1. The summed E-state index contributed by atoms with van der Waals surface area (Å²) in [4.78, 5) is 17.6. The molecular formula is C19H16ClF2N3O2. The van der Waals surface area contributed by atoms with Gasteiger partial charge in [0.15, 0.2) is 16.9 Å². The molecule has 2 N–H and O–H groups in total. The average molecular weight is 392 g/mol. The van der Waals surface area contributed by atoms with Crippen LogP contribution in [0.2, 0.25) is 5.02 Å². The standard InChI is InChI=1S/C19H16ClF2N3O2/c20-12-5-6-14(21)13(9-12)19(23,17(26)11-7-8-25(22)10-11)18-24-15-3-1-2-4-16(15)27-18/h1-6,9,11H,7-8,10,23H2/t11?,19-/m1/s1. The number of oxazole rings is 1. The van der Waals surface area contributed by atoms with E-state index in [4.69, 9.17) is 21.8 Å². The predicted octanol–water partition coefficient (Wildman–Crippen LogP) is 3.60. The molecule has 140 valence electrons. The van der Waals surface area contributed by atoms with E-state index in [0.717, 1.165) is 6.07 Å². The molecule has 0 saturated carbocycles. The summed E-state index contributed by atoms with van der Waals surface area (Å²) in [6.07, 6.45) is 0.275. The Hall–Kier alpha value is -2.35. The van der Waals surface area contributed by atoms with Crippen LogP contribution in [0.4, 0.5) is 8.87 Å². The second kappa shape index (κ2) is 6.67. The average Bonchev–Trinajstić information content (AvgIpc) is 3.28. The molecule has 1 fully saturated rings. The van der Waals surface area contributed by atoms with Crippen molar-refractivity contribution >= 4 is 28.5 Å². The van der Waals surface area contributed by atoms with Gasteiger partial charge in [-0.2, -0.15) is 0 Å². The lowest BCUT2D eigenvalue weighted by Gasteiger charge is -2.28. The number of halogens is 3. The highest BCUT2D eigenvalue weighted by atomic mass is 35.5. The van der Waals surface area contributed by atoms with Gasteiger partial charge in [-0.25, -0.2) is 9.37 Å². The predicted molar refractivity (Wildman–Crippen MR) is 96.2 cm³/mol. The van der Waals surface area contributed by atoms with Crippen LogP contribution in [0.3, 0.4) is 0 Å². The smallest absolute Gasteiger partial charge is 0.228 e. The highest BCUT2D eigenvalue weighted by molar-refractivity contribution is 6.30. The van der Waals surface area contributed by atoms with Crippen LogP contribution in [0.25, 0.3) is 11.1 Å². The molecule has 0 bridgehead atoms. The molecule has 1 aliphatic rings. The number of ketones is 1. The SMILES string of the molecule is N[C@](C(=O)C1CCN(F)C1)(c1nc2ccccc2o1)c1cc(Cl)ccc1F. The van der Waals surface area contributed by atoms with E-state index >= 15 is 0 Å². The zero-order chi connectivity index (χ0) is 19.2. The molecule has 1 unspecified atom stereocenters.